The zero-order valence-electron chi connectivity index (χ0n) is 10.7. The van der Waals surface area contributed by atoms with E-state index in [-0.39, 0.29) is 17.7 Å². The predicted octanol–water partition coefficient (Wildman–Crippen LogP) is 1.02. The van der Waals surface area contributed by atoms with Gasteiger partial charge in [0, 0.05) is 13.0 Å². The van der Waals surface area contributed by atoms with E-state index in [1.807, 2.05) is 27.8 Å². The monoisotopic (exact) mass is 226 g/mol. The second kappa shape index (κ2) is 4.95. The van der Waals surface area contributed by atoms with E-state index in [0.29, 0.717) is 13.0 Å². The quantitative estimate of drug-likeness (QED) is 0.562. The molecule has 0 aromatic rings. The molecule has 1 heterocycles. The highest BCUT2D eigenvalue weighted by molar-refractivity contribution is 6.05. The van der Waals surface area contributed by atoms with Crippen molar-refractivity contribution < 1.29 is 9.59 Å². The van der Waals surface area contributed by atoms with Gasteiger partial charge in [0.2, 0.25) is 11.8 Å². The second-order valence-corrected chi connectivity index (χ2v) is 5.06. The molecule has 0 bridgehead atoms. The normalized spacial score (nSPS) is 25.9. The number of rotatable bonds is 5. The SMILES string of the molecule is CNCCCN1C(=O)CC(C)(C(C)C)C1=O. The molecule has 1 N–H and O–H groups in total. The maximum atomic E-state index is 12.2. The van der Waals surface area contributed by atoms with E-state index in [9.17, 15) is 9.59 Å². The average molecular weight is 226 g/mol. The summed E-state index contributed by atoms with van der Waals surface area (Å²) >= 11 is 0. The van der Waals surface area contributed by atoms with Crippen molar-refractivity contribution in [2.75, 3.05) is 20.1 Å². The number of nitrogens with one attached hydrogen (secondary N) is 1. The van der Waals surface area contributed by atoms with Crippen LogP contribution in [0.5, 0.6) is 0 Å². The minimum absolute atomic E-state index is 0.00334. The van der Waals surface area contributed by atoms with E-state index in [1.165, 1.54) is 4.90 Å². The number of nitrogens with zero attached hydrogens (tertiary/aromatic N) is 1. The van der Waals surface area contributed by atoms with Crippen LogP contribution in [-0.4, -0.2) is 36.9 Å². The molecule has 1 rings (SSSR count). The molecule has 1 unspecified atom stereocenters. The minimum atomic E-state index is -0.489. The van der Waals surface area contributed by atoms with Gasteiger partial charge in [-0.1, -0.05) is 13.8 Å². The van der Waals surface area contributed by atoms with Crippen LogP contribution < -0.4 is 5.32 Å². The largest absolute Gasteiger partial charge is 0.320 e. The molecule has 1 aliphatic rings. The number of amides is 2. The molecular formula is C12H22N2O2. The van der Waals surface area contributed by atoms with Crippen LogP contribution in [0.4, 0.5) is 0 Å². The van der Waals surface area contributed by atoms with E-state index in [1.54, 1.807) is 0 Å². The highest BCUT2D eigenvalue weighted by atomic mass is 16.2. The zero-order valence-corrected chi connectivity index (χ0v) is 10.7. The third-order valence-corrected chi connectivity index (χ3v) is 3.64. The van der Waals surface area contributed by atoms with Gasteiger partial charge in [0.25, 0.3) is 0 Å². The summed E-state index contributed by atoms with van der Waals surface area (Å²) in [6, 6.07) is 0. The summed E-state index contributed by atoms with van der Waals surface area (Å²) in [5.74, 6) is 0.194. The van der Waals surface area contributed by atoms with Gasteiger partial charge in [0.05, 0.1) is 5.41 Å². The molecule has 0 spiro atoms. The van der Waals surface area contributed by atoms with Crippen molar-refractivity contribution in [2.24, 2.45) is 11.3 Å². The first kappa shape index (κ1) is 13.2. The molecule has 0 aromatic carbocycles. The molecule has 16 heavy (non-hydrogen) atoms. The minimum Gasteiger partial charge on any atom is -0.320 e. The Morgan fingerprint density at radius 1 is 1.44 bits per heavy atom. The molecule has 1 atom stereocenters. The van der Waals surface area contributed by atoms with Gasteiger partial charge >= 0.3 is 0 Å². The van der Waals surface area contributed by atoms with Gasteiger partial charge in [-0.3, -0.25) is 14.5 Å². The summed E-state index contributed by atoms with van der Waals surface area (Å²) in [6.45, 7) is 7.27. The third kappa shape index (κ3) is 2.26. The van der Waals surface area contributed by atoms with Gasteiger partial charge in [0.1, 0.15) is 0 Å². The van der Waals surface area contributed by atoms with Crippen LogP contribution in [0.1, 0.15) is 33.6 Å². The Bertz CT molecular complexity index is 289. The maximum absolute atomic E-state index is 12.2. The van der Waals surface area contributed by atoms with Gasteiger partial charge in [-0.15, -0.1) is 0 Å². The summed E-state index contributed by atoms with van der Waals surface area (Å²) in [4.78, 5) is 25.4. The van der Waals surface area contributed by atoms with Crippen LogP contribution in [0.3, 0.4) is 0 Å². The number of hydrogen-bond acceptors (Lipinski definition) is 3. The van der Waals surface area contributed by atoms with Crippen LogP contribution in [0.2, 0.25) is 0 Å². The smallest absolute Gasteiger partial charge is 0.235 e. The fourth-order valence-electron chi connectivity index (χ4n) is 2.00. The van der Waals surface area contributed by atoms with Crippen molar-refractivity contribution in [3.05, 3.63) is 0 Å². The van der Waals surface area contributed by atoms with Crippen LogP contribution in [0.15, 0.2) is 0 Å². The van der Waals surface area contributed by atoms with E-state index < -0.39 is 5.41 Å². The summed E-state index contributed by atoms with van der Waals surface area (Å²) in [7, 11) is 1.87. The van der Waals surface area contributed by atoms with Gasteiger partial charge in [-0.05, 0) is 32.9 Å². The third-order valence-electron chi connectivity index (χ3n) is 3.64. The molecule has 4 nitrogen and oxygen atoms in total. The lowest BCUT2D eigenvalue weighted by molar-refractivity contribution is -0.142. The summed E-state index contributed by atoms with van der Waals surface area (Å²) in [5, 5.41) is 3.02. The first-order valence-corrected chi connectivity index (χ1v) is 5.93. The second-order valence-electron chi connectivity index (χ2n) is 5.06. The molecule has 0 saturated carbocycles. The van der Waals surface area contributed by atoms with Crippen molar-refractivity contribution in [1.82, 2.24) is 10.2 Å². The molecule has 2 amide bonds. The molecule has 1 fully saturated rings. The Kier molecular flexibility index (Phi) is 4.08. The van der Waals surface area contributed by atoms with E-state index >= 15 is 0 Å². The first-order chi connectivity index (χ1) is 7.43. The number of hydrogen-bond donors (Lipinski definition) is 1. The number of likely N-dealkylation sites (tertiary alicyclic amines) is 1. The van der Waals surface area contributed by atoms with Crippen molar-refractivity contribution >= 4 is 11.8 Å². The molecule has 0 aromatic heterocycles. The first-order valence-electron chi connectivity index (χ1n) is 5.93. The Balaban J connectivity index is 2.68. The summed E-state index contributed by atoms with van der Waals surface area (Å²) in [6.07, 6.45) is 1.19. The zero-order chi connectivity index (χ0) is 12.3. The van der Waals surface area contributed by atoms with Crippen molar-refractivity contribution in [1.29, 1.82) is 0 Å². The van der Waals surface area contributed by atoms with Gasteiger partial charge in [-0.25, -0.2) is 0 Å². The molecule has 0 radical (unpaired) electrons. The number of imide groups is 1. The van der Waals surface area contributed by atoms with E-state index in [0.717, 1.165) is 13.0 Å². The Morgan fingerprint density at radius 3 is 2.50 bits per heavy atom. The lowest BCUT2D eigenvalue weighted by Gasteiger charge is -2.26. The topological polar surface area (TPSA) is 49.4 Å². The van der Waals surface area contributed by atoms with Crippen molar-refractivity contribution in [3.8, 4) is 0 Å². The predicted molar refractivity (Wildman–Crippen MR) is 62.8 cm³/mol. The van der Waals surface area contributed by atoms with E-state index in [2.05, 4.69) is 5.32 Å². The molecule has 0 aliphatic carbocycles. The lowest BCUT2D eigenvalue weighted by atomic mass is 9.78. The summed E-state index contributed by atoms with van der Waals surface area (Å²) < 4.78 is 0. The van der Waals surface area contributed by atoms with Gasteiger partial charge < -0.3 is 5.32 Å². The van der Waals surface area contributed by atoms with Crippen LogP contribution >= 0.6 is 0 Å². The fourth-order valence-corrected chi connectivity index (χ4v) is 2.00. The van der Waals surface area contributed by atoms with E-state index in [4.69, 9.17) is 0 Å². The Morgan fingerprint density at radius 2 is 2.06 bits per heavy atom. The number of carbonyl (C=O) groups excluding carboxylic acids is 2. The molecule has 4 heteroatoms. The highest BCUT2D eigenvalue weighted by Crippen LogP contribution is 2.39. The number of carbonyl (C=O) groups is 2. The fraction of sp³-hybridized carbons (Fsp3) is 0.833. The molecular weight excluding hydrogens is 204 g/mol. The molecule has 1 aliphatic heterocycles. The Labute approximate surface area is 97.4 Å². The Hall–Kier alpha value is -0.900. The summed E-state index contributed by atoms with van der Waals surface area (Å²) in [5.41, 5.74) is -0.489. The highest BCUT2D eigenvalue weighted by Gasteiger charge is 2.49. The standard InChI is InChI=1S/C12H22N2O2/c1-9(2)12(3)8-10(15)14(11(12)16)7-5-6-13-4/h9,13H,5-8H2,1-4H3. The van der Waals surface area contributed by atoms with Gasteiger partial charge in [-0.2, -0.15) is 0 Å². The molecule has 1 saturated heterocycles. The van der Waals surface area contributed by atoms with Gasteiger partial charge in [0.15, 0.2) is 0 Å². The van der Waals surface area contributed by atoms with Crippen LogP contribution in [-0.2, 0) is 9.59 Å². The van der Waals surface area contributed by atoms with Crippen LogP contribution in [0.25, 0.3) is 0 Å². The van der Waals surface area contributed by atoms with Crippen molar-refractivity contribution in [3.63, 3.8) is 0 Å². The maximum Gasteiger partial charge on any atom is 0.235 e. The lowest BCUT2D eigenvalue weighted by Crippen LogP contribution is -2.38. The average Bonchev–Trinajstić information content (AvgIpc) is 2.43. The van der Waals surface area contributed by atoms with Crippen LogP contribution in [0, 0.1) is 11.3 Å². The molecule has 92 valence electrons. The van der Waals surface area contributed by atoms with Crippen molar-refractivity contribution in [2.45, 2.75) is 33.6 Å².